The minimum Gasteiger partial charge on any atom is -0.488 e. The van der Waals surface area contributed by atoms with Gasteiger partial charge in [0.15, 0.2) is 0 Å². The van der Waals surface area contributed by atoms with Crippen LogP contribution in [0.15, 0.2) is 42.5 Å². The van der Waals surface area contributed by atoms with Crippen LogP contribution in [0.25, 0.3) is 0 Å². The molecule has 0 aromatic heterocycles. The lowest BCUT2D eigenvalue weighted by Crippen LogP contribution is -2.13. The molecule has 2 rings (SSSR count). The van der Waals surface area contributed by atoms with Gasteiger partial charge in [-0.25, -0.2) is 8.78 Å². The molecule has 0 atom stereocenters. The van der Waals surface area contributed by atoms with E-state index in [2.05, 4.69) is 20.8 Å². The Morgan fingerprint density at radius 3 is 2.10 bits per heavy atom. The average Bonchev–Trinajstić information content (AvgIpc) is 2.37. The second kappa shape index (κ2) is 5.61. The van der Waals surface area contributed by atoms with E-state index in [1.54, 1.807) is 0 Å². The quantitative estimate of drug-likeness (QED) is 0.779. The average molecular weight is 276 g/mol. The normalized spacial score (nSPS) is 11.4. The maximum absolute atomic E-state index is 13.6. The monoisotopic (exact) mass is 276 g/mol. The van der Waals surface area contributed by atoms with Crippen LogP contribution in [0, 0.1) is 11.6 Å². The molecule has 0 aliphatic rings. The topological polar surface area (TPSA) is 9.23 Å². The molecule has 0 saturated heterocycles. The molecule has 2 aromatic rings. The highest BCUT2D eigenvalue weighted by molar-refractivity contribution is 5.38. The molecule has 0 N–H and O–H groups in total. The zero-order valence-electron chi connectivity index (χ0n) is 11.9. The van der Waals surface area contributed by atoms with Crippen molar-refractivity contribution < 1.29 is 13.5 Å². The van der Waals surface area contributed by atoms with Gasteiger partial charge in [0.05, 0.1) is 5.56 Å². The summed E-state index contributed by atoms with van der Waals surface area (Å²) in [6, 6.07) is 11.4. The van der Waals surface area contributed by atoms with Crippen molar-refractivity contribution in [3.05, 3.63) is 65.2 Å². The van der Waals surface area contributed by atoms with Crippen molar-refractivity contribution in [3.63, 3.8) is 0 Å². The molecule has 1 nitrogen and oxygen atoms in total. The highest BCUT2D eigenvalue weighted by Gasteiger charge is 2.19. The van der Waals surface area contributed by atoms with Gasteiger partial charge in [-0.2, -0.15) is 0 Å². The van der Waals surface area contributed by atoms with Crippen LogP contribution in [0.4, 0.5) is 8.78 Å². The molecule has 106 valence electrons. The Bertz CT molecular complexity index is 580. The van der Waals surface area contributed by atoms with Crippen molar-refractivity contribution in [2.24, 2.45) is 0 Å². The van der Waals surface area contributed by atoms with E-state index in [0.717, 1.165) is 5.56 Å². The Morgan fingerprint density at radius 2 is 1.50 bits per heavy atom. The Hall–Kier alpha value is -1.90. The highest BCUT2D eigenvalue weighted by Crippen LogP contribution is 2.31. The minimum atomic E-state index is -0.585. The Labute approximate surface area is 118 Å². The number of rotatable bonds is 3. The number of benzene rings is 2. The van der Waals surface area contributed by atoms with E-state index < -0.39 is 11.6 Å². The van der Waals surface area contributed by atoms with Gasteiger partial charge >= 0.3 is 0 Å². The molecule has 0 aliphatic carbocycles. The standard InChI is InChI=1S/C17H18F2O/c1-17(2,3)13-7-4-5-10-16(13)20-11-12-14(18)8-6-9-15(12)19/h4-10H,11H2,1-3H3. The van der Waals surface area contributed by atoms with Gasteiger partial charge in [0, 0.05) is 0 Å². The molecule has 3 heteroatoms. The molecule has 20 heavy (non-hydrogen) atoms. The second-order valence-corrected chi connectivity index (χ2v) is 5.74. The van der Waals surface area contributed by atoms with Crippen LogP contribution < -0.4 is 4.74 Å². The third-order valence-electron chi connectivity index (χ3n) is 3.13. The largest absolute Gasteiger partial charge is 0.488 e. The summed E-state index contributed by atoms with van der Waals surface area (Å²) in [5, 5.41) is 0. The van der Waals surface area contributed by atoms with Crippen LogP contribution in [0.2, 0.25) is 0 Å². The number of hydrogen-bond donors (Lipinski definition) is 0. The van der Waals surface area contributed by atoms with Crippen molar-refractivity contribution in [2.45, 2.75) is 32.8 Å². The first-order valence-corrected chi connectivity index (χ1v) is 6.55. The van der Waals surface area contributed by atoms with Crippen molar-refractivity contribution in [2.75, 3.05) is 0 Å². The molecule has 0 bridgehead atoms. The number of para-hydroxylation sites is 1. The molecule has 0 unspecified atom stereocenters. The molecule has 0 heterocycles. The van der Waals surface area contributed by atoms with Crippen LogP contribution in [-0.4, -0.2) is 0 Å². The minimum absolute atomic E-state index is 0.0452. The summed E-state index contributed by atoms with van der Waals surface area (Å²) in [4.78, 5) is 0. The fraction of sp³-hybridized carbons (Fsp3) is 0.294. The van der Waals surface area contributed by atoms with Gasteiger partial charge in [0.1, 0.15) is 24.0 Å². The summed E-state index contributed by atoms with van der Waals surface area (Å²) in [6.07, 6.45) is 0. The molecule has 0 amide bonds. The van der Waals surface area contributed by atoms with Gasteiger partial charge in [-0.1, -0.05) is 45.0 Å². The van der Waals surface area contributed by atoms with E-state index in [4.69, 9.17) is 4.74 Å². The molecule has 0 saturated carbocycles. The summed E-state index contributed by atoms with van der Waals surface area (Å²) in [5.41, 5.74) is 0.873. The Morgan fingerprint density at radius 1 is 0.900 bits per heavy atom. The van der Waals surface area contributed by atoms with Gasteiger partial charge in [0.2, 0.25) is 0 Å². The van der Waals surface area contributed by atoms with E-state index >= 15 is 0 Å². The third-order valence-corrected chi connectivity index (χ3v) is 3.13. The predicted molar refractivity (Wildman–Crippen MR) is 75.8 cm³/mol. The predicted octanol–water partition coefficient (Wildman–Crippen LogP) is 4.84. The van der Waals surface area contributed by atoms with E-state index in [1.165, 1.54) is 18.2 Å². The molecule has 0 fully saturated rings. The molecular weight excluding hydrogens is 258 g/mol. The lowest BCUT2D eigenvalue weighted by Gasteiger charge is -2.22. The molecule has 0 spiro atoms. The highest BCUT2D eigenvalue weighted by atomic mass is 19.1. The van der Waals surface area contributed by atoms with Crippen molar-refractivity contribution in [3.8, 4) is 5.75 Å². The lowest BCUT2D eigenvalue weighted by atomic mass is 9.86. The van der Waals surface area contributed by atoms with Crippen LogP contribution in [0.3, 0.4) is 0 Å². The summed E-state index contributed by atoms with van der Waals surface area (Å²) >= 11 is 0. The summed E-state index contributed by atoms with van der Waals surface area (Å²) in [7, 11) is 0. The third kappa shape index (κ3) is 3.16. The van der Waals surface area contributed by atoms with Crippen LogP contribution in [0.1, 0.15) is 31.9 Å². The molecule has 0 radical (unpaired) electrons. The van der Waals surface area contributed by atoms with E-state index in [9.17, 15) is 8.78 Å². The molecular formula is C17H18F2O. The number of hydrogen-bond acceptors (Lipinski definition) is 1. The van der Waals surface area contributed by atoms with Crippen molar-refractivity contribution >= 4 is 0 Å². The van der Waals surface area contributed by atoms with Gasteiger partial charge in [-0.05, 0) is 29.2 Å². The van der Waals surface area contributed by atoms with Crippen LogP contribution in [-0.2, 0) is 12.0 Å². The SMILES string of the molecule is CC(C)(C)c1ccccc1OCc1c(F)cccc1F. The van der Waals surface area contributed by atoms with Crippen LogP contribution in [0.5, 0.6) is 5.75 Å². The van der Waals surface area contributed by atoms with Crippen molar-refractivity contribution in [1.29, 1.82) is 0 Å². The van der Waals surface area contributed by atoms with Gasteiger partial charge in [-0.15, -0.1) is 0 Å². The maximum atomic E-state index is 13.6. The van der Waals surface area contributed by atoms with Gasteiger partial charge < -0.3 is 4.74 Å². The zero-order chi connectivity index (χ0) is 14.8. The number of halogens is 2. The van der Waals surface area contributed by atoms with Gasteiger partial charge in [-0.3, -0.25) is 0 Å². The first-order chi connectivity index (χ1) is 9.39. The lowest BCUT2D eigenvalue weighted by molar-refractivity contribution is 0.285. The van der Waals surface area contributed by atoms with Crippen LogP contribution >= 0.6 is 0 Å². The second-order valence-electron chi connectivity index (χ2n) is 5.74. The van der Waals surface area contributed by atoms with E-state index in [0.29, 0.717) is 5.75 Å². The first-order valence-electron chi connectivity index (χ1n) is 6.55. The molecule has 2 aromatic carbocycles. The Balaban J connectivity index is 2.24. The summed E-state index contributed by atoms with van der Waals surface area (Å²) in [5.74, 6) is -0.515. The Kier molecular flexibility index (Phi) is 4.07. The smallest absolute Gasteiger partial charge is 0.132 e. The summed E-state index contributed by atoms with van der Waals surface area (Å²) in [6.45, 7) is 6.09. The van der Waals surface area contributed by atoms with E-state index in [-0.39, 0.29) is 17.6 Å². The fourth-order valence-corrected chi connectivity index (χ4v) is 2.03. The summed E-state index contributed by atoms with van der Waals surface area (Å²) < 4.78 is 32.8. The van der Waals surface area contributed by atoms with Gasteiger partial charge in [0.25, 0.3) is 0 Å². The van der Waals surface area contributed by atoms with Crippen molar-refractivity contribution in [1.82, 2.24) is 0 Å². The maximum Gasteiger partial charge on any atom is 0.132 e. The molecule has 0 aliphatic heterocycles. The fourth-order valence-electron chi connectivity index (χ4n) is 2.03. The number of ether oxygens (including phenoxy) is 1. The van der Waals surface area contributed by atoms with E-state index in [1.807, 2.05) is 24.3 Å². The first kappa shape index (κ1) is 14.5. The zero-order valence-corrected chi connectivity index (χ0v) is 11.9.